The van der Waals surface area contributed by atoms with Gasteiger partial charge in [0.25, 0.3) is 5.69 Å². The van der Waals surface area contributed by atoms with Crippen molar-refractivity contribution >= 4 is 28.5 Å². The first-order valence-electron chi connectivity index (χ1n) is 8.66. The zero-order valence-electron chi connectivity index (χ0n) is 15.5. The van der Waals surface area contributed by atoms with Crippen LogP contribution in [0.3, 0.4) is 0 Å². The molecule has 1 aliphatic rings. The minimum atomic E-state index is -1.38. The highest BCUT2D eigenvalue weighted by Crippen LogP contribution is 2.37. The number of non-ortho nitro benzene ring substituents is 1. The zero-order chi connectivity index (χ0) is 20.8. The van der Waals surface area contributed by atoms with E-state index in [4.69, 9.17) is 9.15 Å². The molecule has 1 aromatic heterocycles. The van der Waals surface area contributed by atoms with Gasteiger partial charge in [-0.15, -0.1) is 5.10 Å². The fourth-order valence-corrected chi connectivity index (χ4v) is 3.20. The van der Waals surface area contributed by atoms with E-state index in [1.54, 1.807) is 37.3 Å². The Morgan fingerprint density at radius 3 is 2.52 bits per heavy atom. The first kappa shape index (κ1) is 18.4. The third-order valence-electron chi connectivity index (χ3n) is 4.67. The summed E-state index contributed by atoms with van der Waals surface area (Å²) in [6.07, 6.45) is 0. The van der Waals surface area contributed by atoms with E-state index in [1.165, 1.54) is 31.2 Å². The molecule has 9 heteroatoms. The summed E-state index contributed by atoms with van der Waals surface area (Å²) >= 11 is 0. The minimum absolute atomic E-state index is 0.0689. The fraction of sp³-hybridized carbons (Fsp3) is 0.150. The number of rotatable bonds is 3. The van der Waals surface area contributed by atoms with Gasteiger partial charge in [-0.2, -0.15) is 5.01 Å². The largest absolute Gasteiger partial charge is 0.443 e. The molecule has 1 atom stereocenters. The Morgan fingerprint density at radius 1 is 1.17 bits per heavy atom. The average molecular weight is 393 g/mol. The van der Waals surface area contributed by atoms with Gasteiger partial charge in [-0.25, -0.2) is 4.79 Å². The molecule has 0 saturated heterocycles. The summed E-state index contributed by atoms with van der Waals surface area (Å²) in [7, 11) is 0. The molecule has 1 amide bonds. The van der Waals surface area contributed by atoms with Crippen molar-refractivity contribution in [3.8, 4) is 0 Å². The molecule has 29 heavy (non-hydrogen) atoms. The van der Waals surface area contributed by atoms with Gasteiger partial charge in [0.2, 0.25) is 17.5 Å². The number of nitro benzene ring substituents is 1. The van der Waals surface area contributed by atoms with Crippen LogP contribution in [0.25, 0.3) is 11.0 Å². The van der Waals surface area contributed by atoms with Crippen molar-refractivity contribution < 1.29 is 18.9 Å². The second-order valence-electron chi connectivity index (χ2n) is 6.61. The van der Waals surface area contributed by atoms with Crippen LogP contribution in [-0.4, -0.2) is 21.7 Å². The normalized spacial score (nSPS) is 18.4. The van der Waals surface area contributed by atoms with Crippen LogP contribution in [0.4, 0.5) is 5.69 Å². The highest BCUT2D eigenvalue weighted by Gasteiger charge is 2.45. The summed E-state index contributed by atoms with van der Waals surface area (Å²) in [6.45, 7) is 2.90. The number of hydrogen-bond acceptors (Lipinski definition) is 7. The summed E-state index contributed by atoms with van der Waals surface area (Å²) in [5, 5.41) is 16.9. The van der Waals surface area contributed by atoms with Gasteiger partial charge >= 0.3 is 5.63 Å². The summed E-state index contributed by atoms with van der Waals surface area (Å²) < 4.78 is 11.3. The Kier molecular flexibility index (Phi) is 4.15. The molecule has 0 radical (unpaired) electrons. The quantitative estimate of drug-likeness (QED) is 0.384. The lowest BCUT2D eigenvalue weighted by atomic mass is 10.0. The maximum Gasteiger partial charge on any atom is 0.349 e. The second-order valence-corrected chi connectivity index (χ2v) is 6.61. The number of para-hydroxylation sites is 1. The van der Waals surface area contributed by atoms with Crippen LogP contribution in [0.5, 0.6) is 0 Å². The molecular weight excluding hydrogens is 378 g/mol. The van der Waals surface area contributed by atoms with Crippen molar-refractivity contribution in [2.75, 3.05) is 0 Å². The lowest BCUT2D eigenvalue weighted by Gasteiger charge is -2.30. The predicted molar refractivity (Wildman–Crippen MR) is 103 cm³/mol. The molecule has 1 aliphatic heterocycles. The summed E-state index contributed by atoms with van der Waals surface area (Å²) in [4.78, 5) is 35.1. The molecule has 0 saturated carbocycles. The number of carbonyl (C=O) groups excluding carboxylic acids is 1. The monoisotopic (exact) mass is 393 g/mol. The number of ether oxygens (including phenoxy) is 1. The number of nitro groups is 1. The molecule has 146 valence electrons. The van der Waals surface area contributed by atoms with E-state index < -0.39 is 22.2 Å². The van der Waals surface area contributed by atoms with Crippen LogP contribution in [0, 0.1) is 10.1 Å². The van der Waals surface area contributed by atoms with Crippen molar-refractivity contribution in [1.82, 2.24) is 5.01 Å². The smallest absolute Gasteiger partial charge is 0.349 e. The van der Waals surface area contributed by atoms with Gasteiger partial charge < -0.3 is 9.15 Å². The van der Waals surface area contributed by atoms with Crippen LogP contribution in [0.2, 0.25) is 0 Å². The van der Waals surface area contributed by atoms with Crippen molar-refractivity contribution in [3.05, 3.63) is 86.3 Å². The number of benzene rings is 2. The number of amides is 1. The molecule has 0 N–H and O–H groups in total. The van der Waals surface area contributed by atoms with E-state index in [0.717, 1.165) is 5.01 Å². The predicted octanol–water partition coefficient (Wildman–Crippen LogP) is 3.11. The van der Waals surface area contributed by atoms with E-state index in [0.29, 0.717) is 16.5 Å². The Labute approximate surface area is 164 Å². The highest BCUT2D eigenvalue weighted by molar-refractivity contribution is 5.98. The standard InChI is InChI=1S/C20H15N3O6/c1-12(24)22-20(2,14-7-9-15(10-8-14)23(26)27)29-18(21-22)16-11-13-5-3-4-6-17(13)28-19(16)25/h3-11H,1-2H3. The van der Waals surface area contributed by atoms with Crippen molar-refractivity contribution in [1.29, 1.82) is 0 Å². The van der Waals surface area contributed by atoms with E-state index in [1.807, 2.05) is 0 Å². The maximum atomic E-state index is 12.5. The van der Waals surface area contributed by atoms with Crippen LogP contribution in [-0.2, 0) is 15.3 Å². The Bertz CT molecular complexity index is 1230. The molecule has 0 fully saturated rings. The van der Waals surface area contributed by atoms with Gasteiger partial charge in [-0.05, 0) is 24.3 Å². The summed E-state index contributed by atoms with van der Waals surface area (Å²) in [5.41, 5.74) is -1.18. The van der Waals surface area contributed by atoms with Crippen molar-refractivity contribution in [2.24, 2.45) is 5.10 Å². The Morgan fingerprint density at radius 2 is 1.86 bits per heavy atom. The average Bonchev–Trinajstić information content (AvgIpc) is 3.06. The SMILES string of the molecule is CC(=O)N1N=C(c2cc3ccccc3oc2=O)OC1(C)c1ccc([N+](=O)[O-])cc1. The van der Waals surface area contributed by atoms with Gasteiger partial charge in [0.05, 0.1) is 4.92 Å². The van der Waals surface area contributed by atoms with Crippen LogP contribution in [0.1, 0.15) is 25.0 Å². The Hall–Kier alpha value is -4.01. The van der Waals surface area contributed by atoms with Crippen LogP contribution >= 0.6 is 0 Å². The number of carbonyl (C=O) groups is 1. The van der Waals surface area contributed by atoms with E-state index >= 15 is 0 Å². The maximum absolute atomic E-state index is 12.5. The summed E-state index contributed by atoms with van der Waals surface area (Å²) in [5.74, 6) is -0.494. The summed E-state index contributed by atoms with van der Waals surface area (Å²) in [6, 6.07) is 14.2. The topological polar surface area (TPSA) is 115 Å². The van der Waals surface area contributed by atoms with Gasteiger partial charge in [-0.1, -0.05) is 18.2 Å². The van der Waals surface area contributed by atoms with E-state index in [-0.39, 0.29) is 17.1 Å². The van der Waals surface area contributed by atoms with Gasteiger partial charge in [-0.3, -0.25) is 14.9 Å². The first-order chi connectivity index (χ1) is 13.8. The lowest BCUT2D eigenvalue weighted by molar-refractivity contribution is -0.384. The molecule has 0 bridgehead atoms. The number of hydrazone groups is 1. The first-order valence-corrected chi connectivity index (χ1v) is 8.66. The molecule has 3 aromatic rings. The second kappa shape index (κ2) is 6.55. The third-order valence-corrected chi connectivity index (χ3v) is 4.67. The molecular formula is C20H15N3O6. The van der Waals surface area contributed by atoms with Crippen LogP contribution < -0.4 is 5.63 Å². The van der Waals surface area contributed by atoms with E-state index in [2.05, 4.69) is 5.10 Å². The number of hydrogen-bond donors (Lipinski definition) is 0. The van der Waals surface area contributed by atoms with Gasteiger partial charge in [0.1, 0.15) is 11.1 Å². The lowest BCUT2D eigenvalue weighted by Crippen LogP contribution is -2.41. The minimum Gasteiger partial charge on any atom is -0.443 e. The number of fused-ring (bicyclic) bond motifs is 1. The van der Waals surface area contributed by atoms with Crippen molar-refractivity contribution in [2.45, 2.75) is 19.6 Å². The Balaban J connectivity index is 1.79. The van der Waals surface area contributed by atoms with E-state index in [9.17, 15) is 19.7 Å². The zero-order valence-corrected chi connectivity index (χ0v) is 15.5. The molecule has 0 spiro atoms. The molecule has 4 rings (SSSR count). The third kappa shape index (κ3) is 3.02. The highest BCUT2D eigenvalue weighted by atomic mass is 16.6. The number of nitrogens with zero attached hydrogens (tertiary/aromatic N) is 3. The molecule has 1 unspecified atom stereocenters. The van der Waals surface area contributed by atoms with Gasteiger partial charge in [0.15, 0.2) is 0 Å². The molecule has 2 aromatic carbocycles. The van der Waals surface area contributed by atoms with Gasteiger partial charge in [0, 0.05) is 36.9 Å². The molecule has 0 aliphatic carbocycles. The van der Waals surface area contributed by atoms with Crippen molar-refractivity contribution in [3.63, 3.8) is 0 Å². The van der Waals surface area contributed by atoms with Crippen LogP contribution in [0.15, 0.2) is 68.9 Å². The molecule has 9 nitrogen and oxygen atoms in total. The fourth-order valence-electron chi connectivity index (χ4n) is 3.20. The molecule has 2 heterocycles.